The number of nitrogens with one attached hydrogen (secondary N) is 1. The number of nitrogens with zero attached hydrogens (tertiary/aromatic N) is 4. The summed E-state index contributed by atoms with van der Waals surface area (Å²) in [5, 5.41) is 2.95. The van der Waals surface area contributed by atoms with E-state index >= 15 is 0 Å². The molecule has 1 aromatic heterocycles. The zero-order valence-corrected chi connectivity index (χ0v) is 14.0. The molecule has 2 fully saturated rings. The van der Waals surface area contributed by atoms with Crippen LogP contribution in [-0.2, 0) is 4.79 Å². The molecule has 1 aliphatic heterocycles. The molecule has 0 bridgehead atoms. The first-order valence-corrected chi connectivity index (χ1v) is 8.76. The molecule has 0 spiro atoms. The minimum Gasteiger partial charge on any atom is -0.354 e. The maximum atomic E-state index is 12.2. The molecule has 0 unspecified atom stereocenters. The van der Waals surface area contributed by atoms with Crippen molar-refractivity contribution in [1.82, 2.24) is 14.9 Å². The second-order valence-electron chi connectivity index (χ2n) is 6.81. The van der Waals surface area contributed by atoms with E-state index in [2.05, 4.69) is 32.1 Å². The van der Waals surface area contributed by atoms with Crippen molar-refractivity contribution in [3.8, 4) is 0 Å². The standard InChI is InChI=1S/C17H27N5O/c1-21-7-9-22(10-8-21)16-12-15(18-13-19-16)20-17(23)11-14-5-3-2-4-6-14/h12-14H,2-11H2,1H3,(H,18,19,20,23). The Bertz CT molecular complexity index is 521. The minimum atomic E-state index is 0.0833. The van der Waals surface area contributed by atoms with Gasteiger partial charge in [0.1, 0.15) is 18.0 Å². The second-order valence-corrected chi connectivity index (χ2v) is 6.81. The summed E-state index contributed by atoms with van der Waals surface area (Å²) in [4.78, 5) is 25.3. The quantitative estimate of drug-likeness (QED) is 0.922. The molecule has 1 saturated heterocycles. The van der Waals surface area contributed by atoms with Crippen LogP contribution in [0, 0.1) is 5.92 Å². The van der Waals surface area contributed by atoms with Gasteiger partial charge in [0.05, 0.1) is 0 Å². The number of hydrogen-bond donors (Lipinski definition) is 1. The van der Waals surface area contributed by atoms with Crippen LogP contribution in [0.2, 0.25) is 0 Å². The van der Waals surface area contributed by atoms with Gasteiger partial charge in [-0.15, -0.1) is 0 Å². The normalized spacial score (nSPS) is 20.5. The van der Waals surface area contributed by atoms with Crippen LogP contribution < -0.4 is 10.2 Å². The maximum Gasteiger partial charge on any atom is 0.225 e. The highest BCUT2D eigenvalue weighted by atomic mass is 16.1. The van der Waals surface area contributed by atoms with Crippen molar-refractivity contribution < 1.29 is 4.79 Å². The Morgan fingerprint density at radius 3 is 2.65 bits per heavy atom. The van der Waals surface area contributed by atoms with E-state index in [1.165, 1.54) is 32.1 Å². The van der Waals surface area contributed by atoms with Gasteiger partial charge in [-0.2, -0.15) is 0 Å². The lowest BCUT2D eigenvalue weighted by atomic mass is 9.87. The lowest BCUT2D eigenvalue weighted by molar-refractivity contribution is -0.117. The average molecular weight is 317 g/mol. The molecular formula is C17H27N5O. The van der Waals surface area contributed by atoms with Crippen molar-refractivity contribution in [2.45, 2.75) is 38.5 Å². The second kappa shape index (κ2) is 7.73. The van der Waals surface area contributed by atoms with Gasteiger partial charge in [0.15, 0.2) is 0 Å². The fourth-order valence-corrected chi connectivity index (χ4v) is 3.47. The summed E-state index contributed by atoms with van der Waals surface area (Å²) in [6.45, 7) is 3.99. The van der Waals surface area contributed by atoms with Gasteiger partial charge >= 0.3 is 0 Å². The van der Waals surface area contributed by atoms with Crippen molar-refractivity contribution in [2.24, 2.45) is 5.92 Å². The third-order valence-corrected chi connectivity index (χ3v) is 4.95. The third-order valence-electron chi connectivity index (χ3n) is 4.95. The lowest BCUT2D eigenvalue weighted by Gasteiger charge is -2.33. The average Bonchev–Trinajstić information content (AvgIpc) is 2.56. The fourth-order valence-electron chi connectivity index (χ4n) is 3.47. The minimum absolute atomic E-state index is 0.0833. The van der Waals surface area contributed by atoms with E-state index in [0.29, 0.717) is 18.2 Å². The zero-order chi connectivity index (χ0) is 16.1. The number of piperazine rings is 1. The first-order chi connectivity index (χ1) is 11.2. The van der Waals surface area contributed by atoms with Gasteiger partial charge in [0.2, 0.25) is 5.91 Å². The van der Waals surface area contributed by atoms with E-state index in [0.717, 1.165) is 32.0 Å². The fraction of sp³-hybridized carbons (Fsp3) is 0.706. The highest BCUT2D eigenvalue weighted by molar-refractivity contribution is 5.90. The molecule has 1 amide bonds. The van der Waals surface area contributed by atoms with Crippen molar-refractivity contribution in [2.75, 3.05) is 43.4 Å². The zero-order valence-electron chi connectivity index (χ0n) is 14.0. The molecule has 126 valence electrons. The van der Waals surface area contributed by atoms with Crippen LogP contribution >= 0.6 is 0 Å². The van der Waals surface area contributed by atoms with Gasteiger partial charge in [0.25, 0.3) is 0 Å². The summed E-state index contributed by atoms with van der Waals surface area (Å²) in [6, 6.07) is 1.89. The van der Waals surface area contributed by atoms with Crippen LogP contribution in [0.15, 0.2) is 12.4 Å². The predicted molar refractivity (Wildman–Crippen MR) is 91.6 cm³/mol. The Balaban J connectivity index is 1.55. The molecule has 3 rings (SSSR count). The molecule has 0 radical (unpaired) electrons. The molecule has 0 aromatic carbocycles. The van der Waals surface area contributed by atoms with Crippen molar-refractivity contribution in [3.63, 3.8) is 0 Å². The summed E-state index contributed by atoms with van der Waals surface area (Å²) in [5.41, 5.74) is 0. The van der Waals surface area contributed by atoms with Gasteiger partial charge < -0.3 is 15.1 Å². The van der Waals surface area contributed by atoms with Crippen LogP contribution in [-0.4, -0.2) is 54.0 Å². The predicted octanol–water partition coefficient (Wildman–Crippen LogP) is 2.14. The molecule has 23 heavy (non-hydrogen) atoms. The number of hydrogen-bond acceptors (Lipinski definition) is 5. The Hall–Kier alpha value is -1.69. The lowest BCUT2D eigenvalue weighted by Crippen LogP contribution is -2.44. The molecule has 1 aliphatic carbocycles. The Morgan fingerprint density at radius 1 is 1.17 bits per heavy atom. The highest BCUT2D eigenvalue weighted by Gasteiger charge is 2.19. The molecule has 1 N–H and O–H groups in total. The van der Waals surface area contributed by atoms with E-state index in [9.17, 15) is 4.79 Å². The SMILES string of the molecule is CN1CCN(c2cc(NC(=O)CC3CCCCC3)ncn2)CC1. The molecule has 0 atom stereocenters. The maximum absolute atomic E-state index is 12.2. The van der Waals surface area contributed by atoms with Crippen molar-refractivity contribution >= 4 is 17.5 Å². The number of carbonyl (C=O) groups excluding carboxylic acids is 1. The van der Waals surface area contributed by atoms with Crippen LogP contribution in [0.1, 0.15) is 38.5 Å². The van der Waals surface area contributed by atoms with Gasteiger partial charge in [0, 0.05) is 38.7 Å². The molecule has 1 aromatic rings. The molecule has 2 heterocycles. The van der Waals surface area contributed by atoms with E-state index < -0.39 is 0 Å². The number of rotatable bonds is 4. The molecule has 2 aliphatic rings. The number of anilines is 2. The first kappa shape index (κ1) is 16.2. The van der Waals surface area contributed by atoms with E-state index in [4.69, 9.17) is 0 Å². The summed E-state index contributed by atoms with van der Waals surface area (Å²) in [6.07, 6.45) is 8.38. The topological polar surface area (TPSA) is 61.4 Å². The molecule has 6 nitrogen and oxygen atoms in total. The Kier molecular flexibility index (Phi) is 5.43. The van der Waals surface area contributed by atoms with Gasteiger partial charge in [-0.25, -0.2) is 9.97 Å². The van der Waals surface area contributed by atoms with Crippen LogP contribution in [0.25, 0.3) is 0 Å². The monoisotopic (exact) mass is 317 g/mol. The Labute approximate surface area is 138 Å². The van der Waals surface area contributed by atoms with Crippen LogP contribution in [0.4, 0.5) is 11.6 Å². The van der Waals surface area contributed by atoms with Crippen LogP contribution in [0.3, 0.4) is 0 Å². The van der Waals surface area contributed by atoms with Crippen molar-refractivity contribution in [1.29, 1.82) is 0 Å². The smallest absolute Gasteiger partial charge is 0.225 e. The Morgan fingerprint density at radius 2 is 1.91 bits per heavy atom. The summed E-state index contributed by atoms with van der Waals surface area (Å²) in [5.74, 6) is 2.15. The number of aromatic nitrogens is 2. The van der Waals surface area contributed by atoms with E-state index in [1.807, 2.05) is 6.07 Å². The summed E-state index contributed by atoms with van der Waals surface area (Å²) >= 11 is 0. The summed E-state index contributed by atoms with van der Waals surface area (Å²) < 4.78 is 0. The third kappa shape index (κ3) is 4.64. The first-order valence-electron chi connectivity index (χ1n) is 8.76. The van der Waals surface area contributed by atoms with Crippen molar-refractivity contribution in [3.05, 3.63) is 12.4 Å². The molecule has 1 saturated carbocycles. The van der Waals surface area contributed by atoms with E-state index in [1.54, 1.807) is 6.33 Å². The van der Waals surface area contributed by atoms with Gasteiger partial charge in [-0.1, -0.05) is 19.3 Å². The molecular weight excluding hydrogens is 290 g/mol. The van der Waals surface area contributed by atoms with E-state index in [-0.39, 0.29) is 5.91 Å². The number of likely N-dealkylation sites (N-methyl/N-ethyl adjacent to an activating group) is 1. The van der Waals surface area contributed by atoms with Gasteiger partial charge in [-0.05, 0) is 25.8 Å². The highest BCUT2D eigenvalue weighted by Crippen LogP contribution is 2.26. The molecule has 6 heteroatoms. The largest absolute Gasteiger partial charge is 0.354 e. The summed E-state index contributed by atoms with van der Waals surface area (Å²) in [7, 11) is 2.13. The van der Waals surface area contributed by atoms with Crippen LogP contribution in [0.5, 0.6) is 0 Å². The van der Waals surface area contributed by atoms with Gasteiger partial charge in [-0.3, -0.25) is 4.79 Å². The number of amides is 1. The number of carbonyl (C=O) groups is 1.